The van der Waals surface area contributed by atoms with Gasteiger partial charge in [0.1, 0.15) is 6.54 Å². The van der Waals surface area contributed by atoms with Gasteiger partial charge in [0.15, 0.2) is 0 Å². The molecule has 1 atom stereocenters. The van der Waals surface area contributed by atoms with Gasteiger partial charge in [-0.05, 0) is 20.4 Å². The van der Waals surface area contributed by atoms with Crippen LogP contribution in [0.25, 0.3) is 0 Å². The molecule has 0 saturated carbocycles. The minimum absolute atomic E-state index is 0.0748. The van der Waals surface area contributed by atoms with Gasteiger partial charge in [0.05, 0.1) is 5.75 Å². The molecule has 0 aliphatic heterocycles. The number of carboxylic acid groups (broad SMARTS) is 1. The summed E-state index contributed by atoms with van der Waals surface area (Å²) in [7, 11) is -2.10. The van der Waals surface area contributed by atoms with Crippen molar-refractivity contribution in [3.8, 4) is 0 Å². The third-order valence-electron chi connectivity index (χ3n) is 2.65. The van der Waals surface area contributed by atoms with Gasteiger partial charge in [-0.15, -0.1) is 0 Å². The molecule has 0 rings (SSSR count). The second kappa shape index (κ2) is 7.95. The highest BCUT2D eigenvalue weighted by Crippen LogP contribution is 2.03. The number of carbonyl (C=O) groups excluding carboxylic acids is 1. The van der Waals surface area contributed by atoms with E-state index in [4.69, 9.17) is 5.11 Å². The van der Waals surface area contributed by atoms with Crippen molar-refractivity contribution >= 4 is 22.0 Å². The lowest BCUT2D eigenvalue weighted by Crippen LogP contribution is -2.48. The smallest absolute Gasteiger partial charge is 0.323 e. The highest BCUT2D eigenvalue weighted by atomic mass is 32.2. The van der Waals surface area contributed by atoms with E-state index in [1.165, 1.54) is 7.05 Å². The molecule has 0 aliphatic rings. The van der Waals surface area contributed by atoms with Gasteiger partial charge in [-0.1, -0.05) is 6.92 Å². The van der Waals surface area contributed by atoms with E-state index in [9.17, 15) is 18.0 Å². The number of rotatable bonds is 8. The maximum atomic E-state index is 11.8. The lowest BCUT2D eigenvalue weighted by molar-refractivity contribution is -0.138. The number of nitrogens with one attached hydrogen (secondary N) is 2. The molecule has 0 aromatic heterocycles. The van der Waals surface area contributed by atoms with Gasteiger partial charge in [-0.2, -0.15) is 0 Å². The molecule has 0 aromatic carbocycles. The number of aliphatic carboxylic acids is 1. The molecule has 0 fully saturated rings. The van der Waals surface area contributed by atoms with Crippen molar-refractivity contribution in [2.24, 2.45) is 0 Å². The summed E-state index contributed by atoms with van der Waals surface area (Å²) >= 11 is 0. The fourth-order valence-electron chi connectivity index (χ4n) is 1.29. The minimum Gasteiger partial charge on any atom is -0.480 e. The van der Waals surface area contributed by atoms with Crippen LogP contribution in [0, 0.1) is 0 Å². The minimum atomic E-state index is -3.39. The molecular formula is C10H21N3O5S. The zero-order valence-corrected chi connectivity index (χ0v) is 12.2. The molecule has 0 aromatic rings. The van der Waals surface area contributed by atoms with E-state index < -0.39 is 28.6 Å². The van der Waals surface area contributed by atoms with E-state index in [0.717, 1.165) is 4.90 Å². The first kappa shape index (κ1) is 17.6. The first-order valence-electron chi connectivity index (χ1n) is 5.91. The van der Waals surface area contributed by atoms with Gasteiger partial charge in [0.25, 0.3) is 0 Å². The number of urea groups is 1. The molecule has 112 valence electrons. The van der Waals surface area contributed by atoms with Crippen molar-refractivity contribution < 1.29 is 23.1 Å². The van der Waals surface area contributed by atoms with Crippen molar-refractivity contribution in [1.82, 2.24) is 14.9 Å². The molecule has 0 heterocycles. The molecule has 19 heavy (non-hydrogen) atoms. The predicted molar refractivity (Wildman–Crippen MR) is 70.3 cm³/mol. The Morgan fingerprint density at radius 3 is 2.37 bits per heavy atom. The van der Waals surface area contributed by atoms with Crippen LogP contribution < -0.4 is 10.0 Å². The predicted octanol–water partition coefficient (Wildman–Crippen LogP) is -0.570. The number of sulfonamides is 1. The molecule has 2 amide bonds. The van der Waals surface area contributed by atoms with Crippen molar-refractivity contribution in [1.29, 1.82) is 0 Å². The topological polar surface area (TPSA) is 116 Å². The van der Waals surface area contributed by atoms with Gasteiger partial charge in [-0.25, -0.2) is 17.9 Å². The van der Waals surface area contributed by atoms with Gasteiger partial charge in [0.2, 0.25) is 10.0 Å². The number of hydrogen-bond donors (Lipinski definition) is 3. The molecule has 8 nitrogen and oxygen atoms in total. The second-order valence-electron chi connectivity index (χ2n) is 4.03. The van der Waals surface area contributed by atoms with E-state index in [1.54, 1.807) is 6.92 Å². The van der Waals surface area contributed by atoms with Crippen LogP contribution in [0.15, 0.2) is 0 Å². The molecular weight excluding hydrogens is 274 g/mol. The van der Waals surface area contributed by atoms with Crippen LogP contribution in [0.2, 0.25) is 0 Å². The van der Waals surface area contributed by atoms with Gasteiger partial charge in [0, 0.05) is 12.6 Å². The van der Waals surface area contributed by atoms with Crippen molar-refractivity contribution in [3.63, 3.8) is 0 Å². The molecule has 3 N–H and O–H groups in total. The lowest BCUT2D eigenvalue weighted by Gasteiger charge is -2.27. The Labute approximate surface area is 113 Å². The summed E-state index contributed by atoms with van der Waals surface area (Å²) in [4.78, 5) is 23.6. The first-order chi connectivity index (χ1) is 8.73. The standard InChI is InChI=1S/C10H21N3O5S/c1-4-8(2)13(7-9(14)15)10(16)12-5-6-19(17,18)11-3/h8,11H,4-7H2,1-3H3,(H,12,16)(H,14,15). The number of carbonyl (C=O) groups is 2. The van der Waals surface area contributed by atoms with Gasteiger partial charge in [-0.3, -0.25) is 4.79 Å². The normalized spacial score (nSPS) is 12.8. The van der Waals surface area contributed by atoms with E-state index >= 15 is 0 Å². The Morgan fingerprint density at radius 2 is 1.95 bits per heavy atom. The molecule has 0 radical (unpaired) electrons. The molecule has 1 unspecified atom stereocenters. The average molecular weight is 295 g/mol. The highest BCUT2D eigenvalue weighted by Gasteiger charge is 2.21. The van der Waals surface area contributed by atoms with E-state index in [1.807, 2.05) is 6.92 Å². The third kappa shape index (κ3) is 6.97. The zero-order valence-electron chi connectivity index (χ0n) is 11.3. The summed E-state index contributed by atoms with van der Waals surface area (Å²) in [5.41, 5.74) is 0. The van der Waals surface area contributed by atoms with Crippen LogP contribution in [0.5, 0.6) is 0 Å². The van der Waals surface area contributed by atoms with Crippen LogP contribution in [0.1, 0.15) is 20.3 Å². The molecule has 0 aliphatic carbocycles. The van der Waals surface area contributed by atoms with Crippen molar-refractivity contribution in [2.75, 3.05) is 25.9 Å². The van der Waals surface area contributed by atoms with Crippen molar-refractivity contribution in [2.45, 2.75) is 26.3 Å². The molecule has 9 heteroatoms. The van der Waals surface area contributed by atoms with Crippen molar-refractivity contribution in [3.05, 3.63) is 0 Å². The zero-order chi connectivity index (χ0) is 15.1. The second-order valence-corrected chi connectivity index (χ2v) is 6.08. The van der Waals surface area contributed by atoms with Crippen LogP contribution in [-0.4, -0.2) is 62.4 Å². The average Bonchev–Trinajstić information content (AvgIpc) is 2.34. The number of amides is 2. The van der Waals surface area contributed by atoms with E-state index in [2.05, 4.69) is 10.0 Å². The quantitative estimate of drug-likeness (QED) is 0.554. The summed E-state index contributed by atoms with van der Waals surface area (Å²) in [6, 6.07) is -0.819. The summed E-state index contributed by atoms with van der Waals surface area (Å²) in [5.74, 6) is -1.37. The van der Waals surface area contributed by atoms with Gasteiger partial charge < -0.3 is 15.3 Å². The lowest BCUT2D eigenvalue weighted by atomic mass is 10.2. The van der Waals surface area contributed by atoms with E-state index in [-0.39, 0.29) is 18.3 Å². The number of carboxylic acids is 1. The summed E-state index contributed by atoms with van der Waals surface area (Å²) < 4.78 is 24.4. The SMILES string of the molecule is CCC(C)N(CC(=O)O)C(=O)NCCS(=O)(=O)NC. The molecule has 0 spiro atoms. The molecule has 0 bridgehead atoms. The Hall–Kier alpha value is -1.35. The summed E-state index contributed by atoms with van der Waals surface area (Å²) in [5, 5.41) is 11.1. The Bertz CT molecular complexity index is 409. The van der Waals surface area contributed by atoms with Crippen LogP contribution in [-0.2, 0) is 14.8 Å². The maximum absolute atomic E-state index is 11.8. The third-order valence-corrected chi connectivity index (χ3v) is 4.01. The Kier molecular flexibility index (Phi) is 7.38. The largest absolute Gasteiger partial charge is 0.480 e. The van der Waals surface area contributed by atoms with Crippen LogP contribution in [0.3, 0.4) is 0 Å². The Morgan fingerprint density at radius 1 is 1.37 bits per heavy atom. The molecule has 0 saturated heterocycles. The first-order valence-corrected chi connectivity index (χ1v) is 7.56. The summed E-state index contributed by atoms with van der Waals surface area (Å²) in [6.45, 7) is 3.07. The fraction of sp³-hybridized carbons (Fsp3) is 0.800. The fourth-order valence-corrected chi connectivity index (χ4v) is 1.86. The maximum Gasteiger partial charge on any atom is 0.323 e. The number of nitrogens with zero attached hydrogens (tertiary/aromatic N) is 1. The van der Waals surface area contributed by atoms with E-state index in [0.29, 0.717) is 6.42 Å². The van der Waals surface area contributed by atoms with Gasteiger partial charge >= 0.3 is 12.0 Å². The highest BCUT2D eigenvalue weighted by molar-refractivity contribution is 7.89. The van der Waals surface area contributed by atoms with Crippen LogP contribution in [0.4, 0.5) is 4.79 Å². The summed E-state index contributed by atoms with van der Waals surface area (Å²) in [6.07, 6.45) is 0.607. The van der Waals surface area contributed by atoms with Crippen LogP contribution >= 0.6 is 0 Å². The Balaban J connectivity index is 4.45. The number of hydrogen-bond acceptors (Lipinski definition) is 4. The monoisotopic (exact) mass is 295 g/mol.